The van der Waals surface area contributed by atoms with Crippen molar-refractivity contribution in [1.29, 1.82) is 0 Å². The van der Waals surface area contributed by atoms with Crippen LogP contribution in [0.4, 0.5) is 0 Å². The van der Waals surface area contributed by atoms with E-state index >= 15 is 0 Å². The molecule has 2 rings (SSSR count). The number of aliphatic carboxylic acids is 1. The van der Waals surface area contributed by atoms with Crippen LogP contribution in [0.1, 0.15) is 24.5 Å². The molecule has 0 aromatic heterocycles. The number of hydrogen-bond acceptors (Lipinski definition) is 6. The van der Waals surface area contributed by atoms with Gasteiger partial charge in [-0.05, 0) is 36.1 Å². The fourth-order valence-electron chi connectivity index (χ4n) is 2.86. The minimum Gasteiger partial charge on any atom is -0.497 e. The predicted octanol–water partition coefficient (Wildman–Crippen LogP) is 3.76. The molecule has 1 N–H and O–H groups in total. The van der Waals surface area contributed by atoms with Gasteiger partial charge in [0.25, 0.3) is 0 Å². The number of carbonyl (C=O) groups excluding carboxylic acids is 2. The number of methoxy groups -OCH3 is 1. The maximum absolute atomic E-state index is 12.8. The minimum absolute atomic E-state index is 0.0902. The van der Waals surface area contributed by atoms with Crippen molar-refractivity contribution in [2.24, 2.45) is 5.92 Å². The van der Waals surface area contributed by atoms with Crippen molar-refractivity contribution < 1.29 is 29.0 Å². The fraction of sp³-hybridized carbons (Fsp3) is 0.348. The molecule has 0 aliphatic carbocycles. The van der Waals surface area contributed by atoms with Gasteiger partial charge in [-0.2, -0.15) is 0 Å². The van der Waals surface area contributed by atoms with Crippen molar-refractivity contribution in [2.45, 2.75) is 32.3 Å². The van der Waals surface area contributed by atoms with Crippen LogP contribution in [-0.4, -0.2) is 41.1 Å². The zero-order valence-corrected chi connectivity index (χ0v) is 17.9. The molecule has 0 fully saturated rings. The van der Waals surface area contributed by atoms with Gasteiger partial charge in [0.05, 0.1) is 13.0 Å². The average Bonchev–Trinajstić information content (AvgIpc) is 2.74. The number of rotatable bonds is 11. The van der Waals surface area contributed by atoms with E-state index in [9.17, 15) is 19.5 Å². The molecule has 7 heteroatoms. The molecular formula is C23H26O6S. The Kier molecular flexibility index (Phi) is 9.41. The Morgan fingerprint density at radius 3 is 2.23 bits per heavy atom. The third-order valence-corrected chi connectivity index (χ3v) is 5.53. The number of carbonyl (C=O) groups is 3. The number of aryl methyl sites for hydroxylation is 1. The lowest BCUT2D eigenvalue weighted by Gasteiger charge is -2.19. The fourth-order valence-corrected chi connectivity index (χ4v) is 3.60. The van der Waals surface area contributed by atoms with Gasteiger partial charge in [-0.3, -0.25) is 9.59 Å². The number of benzene rings is 2. The zero-order valence-electron chi connectivity index (χ0n) is 17.1. The largest absolute Gasteiger partial charge is 0.497 e. The first kappa shape index (κ1) is 23.5. The summed E-state index contributed by atoms with van der Waals surface area (Å²) in [5, 5.41) is 9.39. The third-order valence-electron chi connectivity index (χ3n) is 4.56. The molecule has 0 unspecified atom stereocenters. The Morgan fingerprint density at radius 2 is 1.67 bits per heavy atom. The minimum atomic E-state index is -1.27. The van der Waals surface area contributed by atoms with Crippen molar-refractivity contribution in [3.8, 4) is 5.75 Å². The topological polar surface area (TPSA) is 89.9 Å². The second kappa shape index (κ2) is 12.0. The highest BCUT2D eigenvalue weighted by molar-refractivity contribution is 8.13. The molecular weight excluding hydrogens is 404 g/mol. The van der Waals surface area contributed by atoms with Crippen LogP contribution in [0.25, 0.3) is 0 Å². The summed E-state index contributed by atoms with van der Waals surface area (Å²) < 4.78 is 10.5. The molecule has 6 nitrogen and oxygen atoms in total. The molecule has 0 heterocycles. The lowest BCUT2D eigenvalue weighted by Crippen LogP contribution is -2.33. The molecule has 0 aliphatic rings. The summed E-state index contributed by atoms with van der Waals surface area (Å²) in [6.07, 6.45) is -0.139. The van der Waals surface area contributed by atoms with Crippen LogP contribution in [0, 0.1) is 5.92 Å². The van der Waals surface area contributed by atoms with Gasteiger partial charge in [-0.25, -0.2) is 4.79 Å². The first-order valence-corrected chi connectivity index (χ1v) is 10.6. The van der Waals surface area contributed by atoms with Crippen LogP contribution in [0.5, 0.6) is 5.75 Å². The van der Waals surface area contributed by atoms with E-state index in [-0.39, 0.29) is 17.3 Å². The highest BCUT2D eigenvalue weighted by Crippen LogP contribution is 2.21. The van der Waals surface area contributed by atoms with Gasteiger partial charge >= 0.3 is 11.9 Å². The van der Waals surface area contributed by atoms with Crippen LogP contribution in [-0.2, 0) is 32.0 Å². The molecule has 2 aromatic carbocycles. The molecule has 160 valence electrons. The Bertz CT molecular complexity index is 835. The maximum Gasteiger partial charge on any atom is 0.345 e. The molecule has 2 aromatic rings. The van der Waals surface area contributed by atoms with E-state index in [1.165, 1.54) is 6.92 Å². The van der Waals surface area contributed by atoms with E-state index in [1.807, 2.05) is 30.3 Å². The van der Waals surface area contributed by atoms with E-state index < -0.39 is 24.0 Å². The number of thioether (sulfide) groups is 1. The van der Waals surface area contributed by atoms with Crippen molar-refractivity contribution in [3.05, 3.63) is 65.7 Å². The third kappa shape index (κ3) is 7.91. The van der Waals surface area contributed by atoms with Gasteiger partial charge in [0.1, 0.15) is 5.75 Å². The van der Waals surface area contributed by atoms with Crippen molar-refractivity contribution >= 4 is 28.8 Å². The quantitative estimate of drug-likeness (QED) is 0.543. The molecule has 0 saturated heterocycles. The second-order valence-corrected chi connectivity index (χ2v) is 8.04. The van der Waals surface area contributed by atoms with E-state index in [4.69, 9.17) is 9.47 Å². The Hall–Kier alpha value is -2.80. The monoisotopic (exact) mass is 430 g/mol. The van der Waals surface area contributed by atoms with Crippen LogP contribution >= 0.6 is 11.8 Å². The molecule has 0 radical (unpaired) electrons. The zero-order chi connectivity index (χ0) is 21.9. The van der Waals surface area contributed by atoms with Gasteiger partial charge in [0, 0.05) is 19.1 Å². The van der Waals surface area contributed by atoms with Crippen LogP contribution in [0.15, 0.2) is 54.6 Å². The Balaban J connectivity index is 2.04. The van der Waals surface area contributed by atoms with Crippen LogP contribution < -0.4 is 4.74 Å². The maximum atomic E-state index is 12.8. The lowest BCUT2D eigenvalue weighted by atomic mass is 10.0. The summed E-state index contributed by atoms with van der Waals surface area (Å²) in [7, 11) is 1.59. The van der Waals surface area contributed by atoms with E-state index in [0.717, 1.165) is 28.6 Å². The molecule has 0 aliphatic heterocycles. The molecule has 0 amide bonds. The molecule has 0 saturated carbocycles. The normalized spacial score (nSPS) is 12.6. The number of ether oxygens (including phenoxy) is 2. The van der Waals surface area contributed by atoms with Gasteiger partial charge in [0.2, 0.25) is 6.10 Å². The second-order valence-electron chi connectivity index (χ2n) is 6.84. The van der Waals surface area contributed by atoms with Crippen molar-refractivity contribution in [1.82, 2.24) is 0 Å². The molecule has 0 spiro atoms. The summed E-state index contributed by atoms with van der Waals surface area (Å²) >= 11 is 1.04. The SMILES string of the molecule is COc1ccc(CC[C@H](CSC(C)=O)C(=O)O[C@@H](Cc2ccccc2)C(=O)O)cc1. The highest BCUT2D eigenvalue weighted by atomic mass is 32.2. The predicted molar refractivity (Wildman–Crippen MR) is 116 cm³/mol. The number of esters is 1. The standard InChI is InChI=1S/C23H26O6S/c1-16(24)30-15-19(11-8-17-9-12-20(28-2)13-10-17)23(27)29-21(22(25)26)14-18-6-4-3-5-7-18/h3-7,9-10,12-13,19,21H,8,11,14-15H2,1-2H3,(H,25,26)/t19-,21+/m1/s1. The lowest BCUT2D eigenvalue weighted by molar-refractivity contribution is -0.166. The van der Waals surface area contributed by atoms with Gasteiger partial charge < -0.3 is 14.6 Å². The van der Waals surface area contributed by atoms with Gasteiger partial charge in [-0.1, -0.05) is 54.2 Å². The van der Waals surface area contributed by atoms with Gasteiger partial charge in [-0.15, -0.1) is 0 Å². The summed E-state index contributed by atoms with van der Waals surface area (Å²) in [5.41, 5.74) is 1.78. The number of carboxylic acid groups (broad SMARTS) is 1. The highest BCUT2D eigenvalue weighted by Gasteiger charge is 2.28. The van der Waals surface area contributed by atoms with Crippen LogP contribution in [0.2, 0.25) is 0 Å². The van der Waals surface area contributed by atoms with E-state index in [2.05, 4.69) is 0 Å². The first-order valence-electron chi connectivity index (χ1n) is 9.62. The smallest absolute Gasteiger partial charge is 0.345 e. The summed E-state index contributed by atoms with van der Waals surface area (Å²) in [5.74, 6) is -1.38. The Morgan fingerprint density at radius 1 is 1.00 bits per heavy atom. The van der Waals surface area contributed by atoms with Crippen LogP contribution in [0.3, 0.4) is 0 Å². The first-order chi connectivity index (χ1) is 14.4. The molecule has 30 heavy (non-hydrogen) atoms. The molecule has 2 atom stereocenters. The summed E-state index contributed by atoms with van der Waals surface area (Å²) in [6.45, 7) is 1.44. The number of hydrogen-bond donors (Lipinski definition) is 1. The Labute approximate surface area is 180 Å². The van der Waals surface area contributed by atoms with E-state index in [0.29, 0.717) is 12.8 Å². The van der Waals surface area contributed by atoms with Crippen molar-refractivity contribution in [2.75, 3.05) is 12.9 Å². The van der Waals surface area contributed by atoms with Gasteiger partial charge in [0.15, 0.2) is 5.12 Å². The van der Waals surface area contributed by atoms with E-state index in [1.54, 1.807) is 31.4 Å². The summed E-state index contributed by atoms with van der Waals surface area (Å²) in [6, 6.07) is 16.5. The molecule has 0 bridgehead atoms. The summed E-state index contributed by atoms with van der Waals surface area (Å²) in [4.78, 5) is 35.8. The average molecular weight is 431 g/mol. The van der Waals surface area contributed by atoms with Crippen molar-refractivity contribution in [3.63, 3.8) is 0 Å². The number of carboxylic acids is 1.